The van der Waals surface area contributed by atoms with E-state index in [2.05, 4.69) is 17.6 Å². The molecule has 2 N–H and O–H groups in total. The molecule has 0 radical (unpaired) electrons. The summed E-state index contributed by atoms with van der Waals surface area (Å²) in [5.74, 6) is -0.993. The third kappa shape index (κ3) is 6.58. The summed E-state index contributed by atoms with van der Waals surface area (Å²) in [6, 6.07) is 16.3. The quantitative estimate of drug-likeness (QED) is 0.701. The first kappa shape index (κ1) is 20.2. The molecule has 6 nitrogen and oxygen atoms in total. The van der Waals surface area contributed by atoms with Crippen molar-refractivity contribution in [1.29, 1.82) is 0 Å². The van der Waals surface area contributed by atoms with E-state index in [0.717, 1.165) is 12.0 Å². The van der Waals surface area contributed by atoms with Crippen molar-refractivity contribution in [2.24, 2.45) is 0 Å². The number of carbonyl (C=O) groups excluding carboxylic acids is 3. The monoisotopic (exact) mass is 368 g/mol. The Labute approximate surface area is 158 Å². The lowest BCUT2D eigenvalue weighted by Crippen LogP contribution is -2.32. The molecule has 0 unspecified atom stereocenters. The molecule has 2 aromatic rings. The normalized spacial score (nSPS) is 11.3. The Morgan fingerprint density at radius 2 is 1.78 bits per heavy atom. The summed E-state index contributed by atoms with van der Waals surface area (Å²) >= 11 is 0. The topological polar surface area (TPSA) is 84.5 Å². The fourth-order valence-corrected chi connectivity index (χ4v) is 2.65. The van der Waals surface area contributed by atoms with Crippen LogP contribution in [0.3, 0.4) is 0 Å². The third-order valence-electron chi connectivity index (χ3n) is 4.06. The van der Waals surface area contributed by atoms with Crippen LogP contribution in [-0.4, -0.2) is 30.9 Å². The van der Waals surface area contributed by atoms with E-state index in [-0.39, 0.29) is 29.9 Å². The van der Waals surface area contributed by atoms with Crippen LogP contribution in [0.4, 0.5) is 5.69 Å². The van der Waals surface area contributed by atoms with Gasteiger partial charge < -0.3 is 15.4 Å². The maximum Gasteiger partial charge on any atom is 0.338 e. The Bertz CT molecular complexity index is 790. The smallest absolute Gasteiger partial charge is 0.338 e. The Hall–Kier alpha value is -3.15. The molecular weight excluding hydrogens is 344 g/mol. The van der Waals surface area contributed by atoms with Gasteiger partial charge in [0, 0.05) is 25.1 Å². The van der Waals surface area contributed by atoms with Crippen LogP contribution < -0.4 is 10.6 Å². The number of hydrogen-bond acceptors (Lipinski definition) is 4. The average Bonchev–Trinajstić information content (AvgIpc) is 2.67. The number of esters is 1. The van der Waals surface area contributed by atoms with Gasteiger partial charge in [-0.05, 0) is 30.2 Å². The van der Waals surface area contributed by atoms with E-state index in [1.165, 1.54) is 13.0 Å². The minimum absolute atomic E-state index is 0.209. The molecule has 0 saturated heterocycles. The minimum atomic E-state index is -0.618. The van der Waals surface area contributed by atoms with E-state index in [1.54, 1.807) is 18.2 Å². The molecule has 0 spiro atoms. The first-order valence-electron chi connectivity index (χ1n) is 8.86. The molecule has 0 aliphatic carbocycles. The van der Waals surface area contributed by atoms with Crippen LogP contribution in [0.15, 0.2) is 54.6 Å². The molecule has 1 atom stereocenters. The summed E-state index contributed by atoms with van der Waals surface area (Å²) in [6.45, 7) is 3.57. The summed E-state index contributed by atoms with van der Waals surface area (Å²) in [5.41, 5.74) is 1.92. The Balaban J connectivity index is 1.82. The Morgan fingerprint density at radius 1 is 1.04 bits per heavy atom. The van der Waals surface area contributed by atoms with E-state index in [0.29, 0.717) is 12.2 Å². The second-order valence-electron chi connectivity index (χ2n) is 6.16. The first-order chi connectivity index (χ1) is 13.0. The van der Waals surface area contributed by atoms with Crippen LogP contribution >= 0.6 is 0 Å². The van der Waals surface area contributed by atoms with Crippen LogP contribution in [0.1, 0.15) is 42.1 Å². The zero-order chi connectivity index (χ0) is 19.6. The lowest BCUT2D eigenvalue weighted by Gasteiger charge is -2.16. The SMILES string of the molecule is CC[C@H](CNC(=O)COC(=O)c1cccc(NC(C)=O)c1)c1ccccc1. The molecule has 142 valence electrons. The van der Waals surface area contributed by atoms with Gasteiger partial charge in [-0.15, -0.1) is 0 Å². The summed E-state index contributed by atoms with van der Waals surface area (Å²) in [7, 11) is 0. The van der Waals surface area contributed by atoms with E-state index in [1.807, 2.05) is 30.3 Å². The molecule has 27 heavy (non-hydrogen) atoms. The fraction of sp³-hybridized carbons (Fsp3) is 0.286. The zero-order valence-corrected chi connectivity index (χ0v) is 15.5. The lowest BCUT2D eigenvalue weighted by molar-refractivity contribution is -0.124. The lowest BCUT2D eigenvalue weighted by atomic mass is 9.96. The zero-order valence-electron chi connectivity index (χ0n) is 15.5. The highest BCUT2D eigenvalue weighted by atomic mass is 16.5. The van der Waals surface area contributed by atoms with Gasteiger partial charge in [0.15, 0.2) is 6.61 Å². The van der Waals surface area contributed by atoms with Crippen molar-refractivity contribution >= 4 is 23.5 Å². The summed E-state index contributed by atoms with van der Waals surface area (Å²) in [6.07, 6.45) is 0.889. The summed E-state index contributed by atoms with van der Waals surface area (Å²) < 4.78 is 5.06. The van der Waals surface area contributed by atoms with Crippen molar-refractivity contribution in [3.05, 3.63) is 65.7 Å². The largest absolute Gasteiger partial charge is 0.452 e. The van der Waals surface area contributed by atoms with Crippen molar-refractivity contribution in [3.8, 4) is 0 Å². The van der Waals surface area contributed by atoms with Gasteiger partial charge in [0.25, 0.3) is 5.91 Å². The number of amides is 2. The molecule has 2 rings (SSSR count). The van der Waals surface area contributed by atoms with Crippen LogP contribution in [0.25, 0.3) is 0 Å². The maximum atomic E-state index is 12.1. The van der Waals surface area contributed by atoms with Gasteiger partial charge in [0.2, 0.25) is 5.91 Å². The van der Waals surface area contributed by atoms with Crippen molar-refractivity contribution in [2.45, 2.75) is 26.2 Å². The molecule has 0 aliphatic rings. The molecule has 2 aromatic carbocycles. The average molecular weight is 368 g/mol. The molecule has 0 heterocycles. The van der Waals surface area contributed by atoms with E-state index < -0.39 is 5.97 Å². The van der Waals surface area contributed by atoms with E-state index >= 15 is 0 Å². The molecule has 2 amide bonds. The van der Waals surface area contributed by atoms with Gasteiger partial charge >= 0.3 is 5.97 Å². The Kier molecular flexibility index (Phi) is 7.55. The van der Waals surface area contributed by atoms with Crippen molar-refractivity contribution in [1.82, 2.24) is 5.32 Å². The predicted octanol–water partition coefficient (Wildman–Crippen LogP) is 3.11. The van der Waals surface area contributed by atoms with Crippen LogP contribution in [0.2, 0.25) is 0 Å². The van der Waals surface area contributed by atoms with Crippen LogP contribution in [0, 0.1) is 0 Å². The summed E-state index contributed by atoms with van der Waals surface area (Å²) in [5, 5.41) is 5.40. The number of ether oxygens (including phenoxy) is 1. The van der Waals surface area contributed by atoms with E-state index in [4.69, 9.17) is 4.74 Å². The molecule has 0 fully saturated rings. The van der Waals surface area contributed by atoms with E-state index in [9.17, 15) is 14.4 Å². The highest BCUT2D eigenvalue weighted by Gasteiger charge is 2.13. The predicted molar refractivity (Wildman–Crippen MR) is 104 cm³/mol. The maximum absolute atomic E-state index is 12.1. The van der Waals surface area contributed by atoms with Gasteiger partial charge in [0.05, 0.1) is 5.56 Å². The fourth-order valence-electron chi connectivity index (χ4n) is 2.65. The number of rotatable bonds is 8. The van der Waals surface area contributed by atoms with Crippen LogP contribution in [0.5, 0.6) is 0 Å². The summed E-state index contributed by atoms with van der Waals surface area (Å²) in [4.78, 5) is 35.2. The van der Waals surface area contributed by atoms with Crippen LogP contribution in [-0.2, 0) is 14.3 Å². The second-order valence-corrected chi connectivity index (χ2v) is 6.16. The molecule has 0 bridgehead atoms. The van der Waals surface area contributed by atoms with Gasteiger partial charge in [-0.1, -0.05) is 43.3 Å². The Morgan fingerprint density at radius 3 is 2.44 bits per heavy atom. The minimum Gasteiger partial charge on any atom is -0.452 e. The highest BCUT2D eigenvalue weighted by Crippen LogP contribution is 2.18. The number of carbonyl (C=O) groups is 3. The second kappa shape index (κ2) is 10.1. The van der Waals surface area contributed by atoms with Gasteiger partial charge in [-0.3, -0.25) is 9.59 Å². The molecule has 0 aliphatic heterocycles. The molecule has 6 heteroatoms. The number of hydrogen-bond donors (Lipinski definition) is 2. The van der Waals surface area contributed by atoms with Crippen molar-refractivity contribution < 1.29 is 19.1 Å². The molecule has 0 aromatic heterocycles. The first-order valence-corrected chi connectivity index (χ1v) is 8.86. The van der Waals surface area contributed by atoms with Crippen molar-refractivity contribution in [2.75, 3.05) is 18.5 Å². The molecule has 0 saturated carbocycles. The van der Waals surface area contributed by atoms with Gasteiger partial charge in [-0.25, -0.2) is 4.79 Å². The highest BCUT2D eigenvalue weighted by molar-refractivity contribution is 5.94. The molecular formula is C21H24N2O4. The van der Waals surface area contributed by atoms with Gasteiger partial charge in [-0.2, -0.15) is 0 Å². The standard InChI is InChI=1S/C21H24N2O4/c1-3-16(17-8-5-4-6-9-17)13-22-20(25)14-27-21(26)18-10-7-11-19(12-18)23-15(2)24/h4-12,16H,3,13-14H2,1-2H3,(H,22,25)(H,23,24)/t16-/m1/s1. The van der Waals surface area contributed by atoms with Crippen molar-refractivity contribution in [3.63, 3.8) is 0 Å². The number of anilines is 1. The number of nitrogens with one attached hydrogen (secondary N) is 2. The van der Waals surface area contributed by atoms with Gasteiger partial charge in [0.1, 0.15) is 0 Å². The third-order valence-corrected chi connectivity index (χ3v) is 4.06. The number of benzene rings is 2.